The third kappa shape index (κ3) is 8.61. The van der Waals surface area contributed by atoms with Gasteiger partial charge in [-0.15, -0.1) is 0 Å². The van der Waals surface area contributed by atoms with E-state index in [1.54, 1.807) is 50.4 Å². The topological polar surface area (TPSA) is 184 Å². The van der Waals surface area contributed by atoms with Crippen molar-refractivity contribution in [2.75, 3.05) is 30.0 Å². The van der Waals surface area contributed by atoms with Crippen molar-refractivity contribution in [3.05, 3.63) is 94.4 Å². The first-order valence-corrected chi connectivity index (χ1v) is 15.6. The predicted octanol–water partition coefficient (Wildman–Crippen LogP) is 6.41. The summed E-state index contributed by atoms with van der Waals surface area (Å²) in [5, 5.41) is 24.1. The van der Waals surface area contributed by atoms with Crippen molar-refractivity contribution in [3.8, 4) is 0 Å². The standard InChI is InChI=1S/C34H36FN5O5.C2H4O2/c1-5-24(33(42)43)26-10-7-22-13-21(26)16-40(4)32(41)30(38-23-8-11-27-28(14-23)29(35)15-37-31(27)36)20-6-9-25(18(2)12-20)19(3)17-45-34(44)39-22;1-2(3)4/h6-15,19,24,30,38H,5,16-17H2,1-4H3,(H2,36,37)(H,39,44)(H,42,43);1H3,(H,3,4)/t19-,24+,30+;/m0./s1. The van der Waals surface area contributed by atoms with Crippen LogP contribution < -0.4 is 16.4 Å². The van der Waals surface area contributed by atoms with Gasteiger partial charge in [0, 0.05) is 48.6 Å². The van der Waals surface area contributed by atoms with Crippen molar-refractivity contribution < 1.29 is 38.5 Å². The third-order valence-electron chi connectivity index (χ3n) is 8.31. The number of halogens is 1. The predicted molar refractivity (Wildman–Crippen MR) is 184 cm³/mol. The first-order valence-electron chi connectivity index (χ1n) is 15.6. The number of nitrogens with one attached hydrogen (secondary N) is 2. The number of carbonyl (C=O) groups excluding carboxylic acids is 2. The van der Waals surface area contributed by atoms with Gasteiger partial charge in [-0.3, -0.25) is 19.7 Å². The number of anilines is 3. The summed E-state index contributed by atoms with van der Waals surface area (Å²) < 4.78 is 20.2. The Morgan fingerprint density at radius 3 is 2.49 bits per heavy atom. The lowest BCUT2D eigenvalue weighted by atomic mass is 9.91. The molecule has 2 aliphatic heterocycles. The molecule has 3 atom stereocenters. The van der Waals surface area contributed by atoms with Crippen LogP contribution in [0.25, 0.3) is 10.8 Å². The number of amides is 2. The summed E-state index contributed by atoms with van der Waals surface area (Å²) in [5.41, 5.74) is 10.5. The zero-order chi connectivity index (χ0) is 36.0. The molecule has 13 heteroatoms. The second-order valence-corrected chi connectivity index (χ2v) is 12.0. The maximum atomic E-state index is 14.7. The Hall–Kier alpha value is -5.72. The number of nitrogen functional groups attached to an aromatic ring is 1. The van der Waals surface area contributed by atoms with Crippen LogP contribution in [-0.2, 0) is 25.7 Å². The van der Waals surface area contributed by atoms with Crippen LogP contribution in [0, 0.1) is 12.7 Å². The maximum Gasteiger partial charge on any atom is 0.411 e. The van der Waals surface area contributed by atoms with Gasteiger partial charge in [-0.05, 0) is 71.5 Å². The van der Waals surface area contributed by atoms with Crippen LogP contribution in [0.1, 0.15) is 72.9 Å². The number of carbonyl (C=O) groups is 4. The van der Waals surface area contributed by atoms with E-state index in [1.165, 1.54) is 4.90 Å². The molecule has 12 nitrogen and oxygen atoms in total. The van der Waals surface area contributed by atoms with E-state index in [1.807, 2.05) is 32.0 Å². The van der Waals surface area contributed by atoms with E-state index in [0.29, 0.717) is 39.9 Å². The van der Waals surface area contributed by atoms with E-state index in [0.717, 1.165) is 24.2 Å². The van der Waals surface area contributed by atoms with Crippen LogP contribution in [0.5, 0.6) is 0 Å². The molecule has 0 unspecified atom stereocenters. The van der Waals surface area contributed by atoms with Crippen molar-refractivity contribution >= 4 is 51.9 Å². The van der Waals surface area contributed by atoms with E-state index in [-0.39, 0.29) is 36.2 Å². The average molecular weight is 674 g/mol. The van der Waals surface area contributed by atoms with Gasteiger partial charge < -0.3 is 30.9 Å². The minimum Gasteiger partial charge on any atom is -0.481 e. The molecular weight excluding hydrogens is 633 g/mol. The smallest absolute Gasteiger partial charge is 0.411 e. The number of aliphatic carboxylic acids is 2. The molecule has 4 bridgehead atoms. The molecule has 4 aromatic rings. The molecule has 258 valence electrons. The molecule has 49 heavy (non-hydrogen) atoms. The number of aryl methyl sites for hydroxylation is 1. The van der Waals surface area contributed by atoms with Crippen LogP contribution in [0.4, 0.5) is 26.4 Å². The summed E-state index contributed by atoms with van der Waals surface area (Å²) in [7, 11) is 1.63. The lowest BCUT2D eigenvalue weighted by Gasteiger charge is -2.28. The van der Waals surface area contributed by atoms with Gasteiger partial charge >= 0.3 is 12.1 Å². The number of hydrogen-bond acceptors (Lipinski definition) is 8. The molecular formula is C36H40FN5O7. The van der Waals surface area contributed by atoms with Crippen molar-refractivity contribution in [1.82, 2.24) is 9.88 Å². The molecule has 1 aromatic heterocycles. The van der Waals surface area contributed by atoms with Gasteiger partial charge in [0.15, 0.2) is 0 Å². The fraction of sp³-hybridized carbons (Fsp3) is 0.306. The maximum absolute atomic E-state index is 14.7. The van der Waals surface area contributed by atoms with E-state index in [2.05, 4.69) is 15.6 Å². The number of nitrogens with two attached hydrogens (primary N) is 1. The van der Waals surface area contributed by atoms with Crippen molar-refractivity contribution in [2.45, 2.75) is 58.5 Å². The highest BCUT2D eigenvalue weighted by molar-refractivity contribution is 5.94. The van der Waals surface area contributed by atoms with Crippen LogP contribution in [-0.4, -0.2) is 57.7 Å². The summed E-state index contributed by atoms with van der Waals surface area (Å²) in [5.74, 6) is -3.41. The largest absolute Gasteiger partial charge is 0.481 e. The van der Waals surface area contributed by atoms with Gasteiger partial charge in [0.2, 0.25) is 5.91 Å². The number of carboxylic acids is 2. The monoisotopic (exact) mass is 673 g/mol. The fourth-order valence-electron chi connectivity index (χ4n) is 5.89. The fourth-order valence-corrected chi connectivity index (χ4v) is 5.89. The molecule has 0 spiro atoms. The zero-order valence-corrected chi connectivity index (χ0v) is 27.9. The second-order valence-electron chi connectivity index (χ2n) is 12.0. The van der Waals surface area contributed by atoms with Crippen LogP contribution >= 0.6 is 0 Å². The summed E-state index contributed by atoms with van der Waals surface area (Å²) in [6.07, 6.45) is 0.764. The molecule has 2 aliphatic rings. The number of carboxylic acid groups (broad SMARTS) is 2. The number of nitrogens with zero attached hydrogens (tertiary/aromatic N) is 2. The number of aromatic nitrogens is 1. The van der Waals surface area contributed by atoms with Crippen molar-refractivity contribution in [2.24, 2.45) is 0 Å². The molecule has 3 aromatic carbocycles. The minimum absolute atomic E-state index is 0.0589. The third-order valence-corrected chi connectivity index (χ3v) is 8.31. The van der Waals surface area contributed by atoms with E-state index in [9.17, 15) is 23.9 Å². The van der Waals surface area contributed by atoms with Crippen molar-refractivity contribution in [3.63, 3.8) is 0 Å². The summed E-state index contributed by atoms with van der Waals surface area (Å²) >= 11 is 0. The summed E-state index contributed by atoms with van der Waals surface area (Å²) in [4.78, 5) is 53.5. The number of likely N-dealkylation sites (N-methyl/N-ethyl adjacent to an activating group) is 1. The Balaban J connectivity index is 0.00000128. The molecule has 3 heterocycles. The van der Waals surface area contributed by atoms with Crippen LogP contribution in [0.2, 0.25) is 0 Å². The quantitative estimate of drug-likeness (QED) is 0.159. The molecule has 6 rings (SSSR count). The lowest BCUT2D eigenvalue weighted by molar-refractivity contribution is -0.139. The van der Waals surface area contributed by atoms with Crippen molar-refractivity contribution in [1.29, 1.82) is 0 Å². The van der Waals surface area contributed by atoms with Gasteiger partial charge in [0.05, 0.1) is 18.7 Å². The number of benzene rings is 3. The molecule has 0 radical (unpaired) electrons. The molecule has 0 saturated heterocycles. The first kappa shape index (κ1) is 36.1. The number of hydrogen-bond donors (Lipinski definition) is 5. The molecule has 0 fully saturated rings. The normalized spacial score (nSPS) is 17.0. The van der Waals surface area contributed by atoms with Gasteiger partial charge in [-0.1, -0.05) is 38.1 Å². The summed E-state index contributed by atoms with van der Waals surface area (Å²) in [6.45, 7) is 6.92. The Bertz CT molecular complexity index is 1900. The second kappa shape index (κ2) is 15.5. The first-order chi connectivity index (χ1) is 23.2. The van der Waals surface area contributed by atoms with Gasteiger partial charge in [0.25, 0.3) is 5.97 Å². The molecule has 6 N–H and O–H groups in total. The SMILES string of the molecule is CC(=O)O.CC[C@@H](C(=O)O)c1ccc2cc1CN(C)C(=O)[C@H](Nc1ccc3c(N)ncc(F)c3c1)c1ccc(c(C)c1)[C@@H](C)COC(=O)N2. The van der Waals surface area contributed by atoms with E-state index >= 15 is 0 Å². The van der Waals surface area contributed by atoms with Gasteiger partial charge in [-0.25, -0.2) is 14.2 Å². The van der Waals surface area contributed by atoms with Gasteiger partial charge in [-0.2, -0.15) is 0 Å². The molecule has 0 aliphatic carbocycles. The highest BCUT2D eigenvalue weighted by Crippen LogP contribution is 2.32. The molecule has 0 saturated carbocycles. The van der Waals surface area contributed by atoms with Crippen LogP contribution in [0.15, 0.2) is 60.8 Å². The average Bonchev–Trinajstić information content (AvgIpc) is 3.04. The minimum atomic E-state index is -0.988. The Labute approximate surface area is 283 Å². The highest BCUT2D eigenvalue weighted by Gasteiger charge is 2.28. The number of rotatable bonds is 5. The zero-order valence-electron chi connectivity index (χ0n) is 27.9. The Morgan fingerprint density at radius 1 is 1.12 bits per heavy atom. The lowest BCUT2D eigenvalue weighted by Crippen LogP contribution is -2.35. The van der Waals surface area contributed by atoms with Crippen LogP contribution in [0.3, 0.4) is 0 Å². The molecule has 2 amide bonds. The van der Waals surface area contributed by atoms with E-state index < -0.39 is 35.8 Å². The van der Waals surface area contributed by atoms with E-state index in [4.69, 9.17) is 20.4 Å². The Morgan fingerprint density at radius 2 is 1.84 bits per heavy atom. The number of pyridine rings is 1. The van der Waals surface area contributed by atoms with Gasteiger partial charge in [0.1, 0.15) is 17.7 Å². The highest BCUT2D eigenvalue weighted by atomic mass is 19.1. The number of fused-ring (bicyclic) bond motifs is 10. The Kier molecular flexibility index (Phi) is 11.4. The summed E-state index contributed by atoms with van der Waals surface area (Å²) in [6, 6.07) is 14.7. The number of ether oxygens (including phenoxy) is 1.